The number of ether oxygens (including phenoxy) is 1. The summed E-state index contributed by atoms with van der Waals surface area (Å²) in [6.45, 7) is 4.22. The molecule has 0 saturated heterocycles. The van der Waals surface area contributed by atoms with Crippen molar-refractivity contribution in [2.24, 2.45) is 5.73 Å². The number of aryl methyl sites for hydroxylation is 2. The van der Waals surface area contributed by atoms with Gasteiger partial charge in [0.2, 0.25) is 5.91 Å². The van der Waals surface area contributed by atoms with E-state index in [0.29, 0.717) is 6.54 Å². The summed E-state index contributed by atoms with van der Waals surface area (Å²) >= 11 is 1.49. The molecule has 136 valence electrons. The van der Waals surface area contributed by atoms with Gasteiger partial charge in [-0.3, -0.25) is 4.79 Å². The van der Waals surface area contributed by atoms with Crippen LogP contribution in [0.1, 0.15) is 17.8 Å². The lowest BCUT2D eigenvalue weighted by molar-refractivity contribution is -0.118. The van der Waals surface area contributed by atoms with Gasteiger partial charge in [0.1, 0.15) is 0 Å². The maximum atomic E-state index is 11.9. The van der Waals surface area contributed by atoms with Crippen molar-refractivity contribution in [1.29, 1.82) is 0 Å². The molecule has 0 spiro atoms. The molecule has 0 radical (unpaired) electrons. The zero-order valence-corrected chi connectivity index (χ0v) is 16.1. The number of hydrogen-bond donors (Lipinski definition) is 2. The fraction of sp³-hybridized carbons (Fsp3) is 0.353. The Balaban J connectivity index is 0.00000312. The number of amides is 1. The van der Waals surface area contributed by atoms with E-state index < -0.39 is 0 Å². The van der Waals surface area contributed by atoms with Crippen LogP contribution in [-0.2, 0) is 9.53 Å². The molecule has 1 amide bonds. The fourth-order valence-electron chi connectivity index (χ4n) is 2.13. The van der Waals surface area contributed by atoms with Crippen LogP contribution in [0.2, 0.25) is 0 Å². The molecule has 25 heavy (non-hydrogen) atoms. The van der Waals surface area contributed by atoms with Crippen molar-refractivity contribution in [3.8, 4) is 0 Å². The van der Waals surface area contributed by atoms with E-state index in [1.807, 2.05) is 44.2 Å². The van der Waals surface area contributed by atoms with Crippen molar-refractivity contribution in [3.63, 3.8) is 0 Å². The molecule has 0 aliphatic rings. The number of aromatic nitrogens is 2. The first-order valence-corrected chi connectivity index (χ1v) is 8.44. The highest BCUT2D eigenvalue weighted by atomic mass is 35.5. The number of carbonyl (C=O) groups is 1. The highest BCUT2D eigenvalue weighted by Gasteiger charge is 2.11. The van der Waals surface area contributed by atoms with Gasteiger partial charge in [-0.25, -0.2) is 9.97 Å². The highest BCUT2D eigenvalue weighted by Crippen LogP contribution is 2.26. The first-order valence-electron chi connectivity index (χ1n) is 7.63. The Morgan fingerprint density at radius 3 is 2.36 bits per heavy atom. The number of hydrogen-bond acceptors (Lipinski definition) is 6. The Morgan fingerprint density at radius 1 is 1.24 bits per heavy atom. The molecular formula is C17H23ClN4O2S. The Morgan fingerprint density at radius 2 is 1.84 bits per heavy atom. The Bertz CT molecular complexity index is 673. The lowest BCUT2D eigenvalue weighted by Gasteiger charge is -2.12. The maximum absolute atomic E-state index is 11.9. The molecule has 0 aliphatic heterocycles. The molecule has 1 aromatic heterocycles. The normalized spacial score (nSPS) is 11.5. The van der Waals surface area contributed by atoms with Gasteiger partial charge < -0.3 is 15.8 Å². The molecule has 8 heteroatoms. The molecule has 2 rings (SSSR count). The molecule has 1 atom stereocenters. The number of rotatable bonds is 7. The molecule has 0 aliphatic carbocycles. The minimum absolute atomic E-state index is 0. The summed E-state index contributed by atoms with van der Waals surface area (Å²) in [6, 6.07) is 9.51. The van der Waals surface area contributed by atoms with E-state index in [4.69, 9.17) is 10.5 Å². The lowest BCUT2D eigenvalue weighted by atomic mass is 10.2. The molecule has 0 bridgehead atoms. The van der Waals surface area contributed by atoms with Crippen LogP contribution in [0.5, 0.6) is 0 Å². The minimum Gasteiger partial charge on any atom is -0.380 e. The third-order valence-corrected chi connectivity index (χ3v) is 4.19. The zero-order valence-electron chi connectivity index (χ0n) is 14.5. The number of nitrogens with one attached hydrogen (secondary N) is 1. The predicted molar refractivity (Wildman–Crippen MR) is 102 cm³/mol. The van der Waals surface area contributed by atoms with Gasteiger partial charge in [0.15, 0.2) is 5.16 Å². The van der Waals surface area contributed by atoms with E-state index in [9.17, 15) is 4.79 Å². The van der Waals surface area contributed by atoms with Crippen molar-refractivity contribution >= 4 is 35.8 Å². The van der Waals surface area contributed by atoms with Gasteiger partial charge in [-0.1, -0.05) is 0 Å². The molecule has 1 aromatic carbocycles. The summed E-state index contributed by atoms with van der Waals surface area (Å²) in [7, 11) is 1.55. The van der Waals surface area contributed by atoms with E-state index in [0.717, 1.165) is 27.1 Å². The summed E-state index contributed by atoms with van der Waals surface area (Å²) in [5.41, 5.74) is 8.15. The van der Waals surface area contributed by atoms with Crippen LogP contribution < -0.4 is 11.1 Å². The number of anilines is 1. The second-order valence-corrected chi connectivity index (χ2v) is 6.45. The molecule has 0 saturated carbocycles. The van der Waals surface area contributed by atoms with E-state index in [1.54, 1.807) is 7.11 Å². The molecule has 0 fully saturated rings. The standard InChI is InChI=1S/C17H22N4O2S.ClH/c1-11-8-12(2)20-17(19-11)24-15-6-4-13(5-7-15)21-16(22)9-14(10-18)23-3;/h4-8,14H,9-10,18H2,1-3H3,(H,21,22);1H. The maximum Gasteiger partial charge on any atom is 0.227 e. The Kier molecular flexibility index (Phi) is 8.85. The summed E-state index contributed by atoms with van der Waals surface area (Å²) in [5.74, 6) is -0.120. The molecule has 1 unspecified atom stereocenters. The quantitative estimate of drug-likeness (QED) is 0.715. The average molecular weight is 383 g/mol. The highest BCUT2D eigenvalue weighted by molar-refractivity contribution is 7.99. The van der Waals surface area contributed by atoms with Gasteiger partial charge in [-0.15, -0.1) is 12.4 Å². The summed E-state index contributed by atoms with van der Waals surface area (Å²) in [6.07, 6.45) is -0.0264. The Labute approximate surface area is 158 Å². The predicted octanol–water partition coefficient (Wildman–Crippen LogP) is 2.97. The van der Waals surface area contributed by atoms with Crippen LogP contribution in [0.25, 0.3) is 0 Å². The van der Waals surface area contributed by atoms with Gasteiger partial charge in [0.05, 0.1) is 12.5 Å². The zero-order chi connectivity index (χ0) is 17.5. The number of nitrogens with two attached hydrogens (primary N) is 1. The number of benzene rings is 1. The van der Waals surface area contributed by atoms with Gasteiger partial charge in [-0.05, 0) is 55.9 Å². The SMILES string of the molecule is COC(CN)CC(=O)Nc1ccc(Sc2nc(C)cc(C)n2)cc1.Cl. The van der Waals surface area contributed by atoms with Crippen LogP contribution in [0.15, 0.2) is 40.4 Å². The lowest BCUT2D eigenvalue weighted by Crippen LogP contribution is -2.28. The smallest absolute Gasteiger partial charge is 0.227 e. The van der Waals surface area contributed by atoms with Gasteiger partial charge in [0, 0.05) is 35.6 Å². The molecule has 3 N–H and O–H groups in total. The summed E-state index contributed by atoms with van der Waals surface area (Å²) in [4.78, 5) is 21.7. The number of carbonyl (C=O) groups excluding carboxylic acids is 1. The van der Waals surface area contributed by atoms with Crippen molar-refractivity contribution in [2.45, 2.75) is 36.4 Å². The largest absolute Gasteiger partial charge is 0.380 e. The van der Waals surface area contributed by atoms with Crippen LogP contribution in [0, 0.1) is 13.8 Å². The van der Waals surface area contributed by atoms with Crippen molar-refractivity contribution in [1.82, 2.24) is 9.97 Å². The van der Waals surface area contributed by atoms with Crippen LogP contribution >= 0.6 is 24.2 Å². The third-order valence-electron chi connectivity index (χ3n) is 3.32. The van der Waals surface area contributed by atoms with Crippen molar-refractivity contribution in [2.75, 3.05) is 19.0 Å². The van der Waals surface area contributed by atoms with E-state index in [1.165, 1.54) is 11.8 Å². The van der Waals surface area contributed by atoms with Gasteiger partial charge >= 0.3 is 0 Å². The van der Waals surface area contributed by atoms with E-state index in [2.05, 4.69) is 15.3 Å². The average Bonchev–Trinajstić information content (AvgIpc) is 2.53. The minimum atomic E-state index is -0.262. The molecule has 2 aromatic rings. The van der Waals surface area contributed by atoms with E-state index >= 15 is 0 Å². The second kappa shape index (κ2) is 10.4. The molecule has 1 heterocycles. The fourth-order valence-corrected chi connectivity index (χ4v) is 2.99. The molecular weight excluding hydrogens is 360 g/mol. The monoisotopic (exact) mass is 382 g/mol. The van der Waals surface area contributed by atoms with Crippen molar-refractivity contribution in [3.05, 3.63) is 41.7 Å². The number of methoxy groups -OCH3 is 1. The van der Waals surface area contributed by atoms with Crippen LogP contribution in [-0.4, -0.2) is 35.6 Å². The molecule has 6 nitrogen and oxygen atoms in total. The first-order chi connectivity index (χ1) is 11.5. The topological polar surface area (TPSA) is 90.1 Å². The first kappa shape index (κ1) is 21.4. The van der Waals surface area contributed by atoms with Gasteiger partial charge in [0.25, 0.3) is 0 Å². The van der Waals surface area contributed by atoms with Crippen LogP contribution in [0.3, 0.4) is 0 Å². The second-order valence-electron chi connectivity index (χ2n) is 5.41. The van der Waals surface area contributed by atoms with Gasteiger partial charge in [-0.2, -0.15) is 0 Å². The number of halogens is 1. The number of nitrogens with zero attached hydrogens (tertiary/aromatic N) is 2. The van der Waals surface area contributed by atoms with Crippen LogP contribution in [0.4, 0.5) is 5.69 Å². The van der Waals surface area contributed by atoms with E-state index in [-0.39, 0.29) is 30.8 Å². The van der Waals surface area contributed by atoms with Crippen molar-refractivity contribution < 1.29 is 9.53 Å². The Hall–Kier alpha value is -1.67. The summed E-state index contributed by atoms with van der Waals surface area (Å²) < 4.78 is 5.11. The third kappa shape index (κ3) is 6.99. The summed E-state index contributed by atoms with van der Waals surface area (Å²) in [5, 5.41) is 3.55.